The number of ether oxygens (including phenoxy) is 3. The molecule has 0 spiro atoms. The number of hydrogen-bond acceptors (Lipinski definition) is 5. The summed E-state index contributed by atoms with van der Waals surface area (Å²) in [6.07, 6.45) is -0.541. The van der Waals surface area contributed by atoms with Gasteiger partial charge in [-0.1, -0.05) is 30.3 Å². The molecule has 0 aromatic heterocycles. The quantitative estimate of drug-likeness (QED) is 0.850. The SMILES string of the molecule is CCN(C(C)=O)C1=CO[C@@H]2CO[C@@H](c3ccccc3)O[C@H]2C1=O. The number of amides is 1. The number of carbonyl (C=O) groups excluding carboxylic acids is 2. The molecule has 1 saturated heterocycles. The number of ketones is 1. The first-order valence-electron chi connectivity index (χ1n) is 7.61. The summed E-state index contributed by atoms with van der Waals surface area (Å²) in [7, 11) is 0. The van der Waals surface area contributed by atoms with Gasteiger partial charge < -0.3 is 19.1 Å². The number of carbonyl (C=O) groups is 2. The summed E-state index contributed by atoms with van der Waals surface area (Å²) in [5.41, 5.74) is 1.07. The van der Waals surface area contributed by atoms with Crippen molar-refractivity contribution in [1.29, 1.82) is 0 Å². The van der Waals surface area contributed by atoms with Crippen molar-refractivity contribution >= 4 is 11.7 Å². The second-order valence-corrected chi connectivity index (χ2v) is 5.44. The maximum absolute atomic E-state index is 12.7. The van der Waals surface area contributed by atoms with E-state index in [0.717, 1.165) is 5.56 Å². The van der Waals surface area contributed by atoms with Crippen LogP contribution in [0.1, 0.15) is 25.7 Å². The molecule has 3 atom stereocenters. The van der Waals surface area contributed by atoms with E-state index >= 15 is 0 Å². The van der Waals surface area contributed by atoms with Gasteiger partial charge >= 0.3 is 0 Å². The molecule has 0 N–H and O–H groups in total. The summed E-state index contributed by atoms with van der Waals surface area (Å²) < 4.78 is 17.0. The molecule has 23 heavy (non-hydrogen) atoms. The minimum atomic E-state index is -0.776. The number of nitrogens with zero attached hydrogens (tertiary/aromatic N) is 1. The lowest BCUT2D eigenvalue weighted by molar-refractivity contribution is -0.254. The Hall–Kier alpha value is -2.18. The second-order valence-electron chi connectivity index (χ2n) is 5.44. The maximum Gasteiger partial charge on any atom is 0.224 e. The number of hydrogen-bond donors (Lipinski definition) is 0. The Labute approximate surface area is 134 Å². The summed E-state index contributed by atoms with van der Waals surface area (Å²) in [5.74, 6) is -0.455. The molecule has 2 aliphatic rings. The maximum atomic E-state index is 12.7. The van der Waals surface area contributed by atoms with Crippen molar-refractivity contribution in [3.63, 3.8) is 0 Å². The van der Waals surface area contributed by atoms with Crippen LogP contribution in [0.4, 0.5) is 0 Å². The predicted octanol–water partition coefficient (Wildman–Crippen LogP) is 1.78. The lowest BCUT2D eigenvalue weighted by Gasteiger charge is -2.39. The minimum Gasteiger partial charge on any atom is -0.490 e. The van der Waals surface area contributed by atoms with E-state index in [-0.39, 0.29) is 24.0 Å². The molecule has 0 bridgehead atoms. The van der Waals surface area contributed by atoms with E-state index in [2.05, 4.69) is 0 Å². The Morgan fingerprint density at radius 1 is 1.30 bits per heavy atom. The summed E-state index contributed by atoms with van der Waals surface area (Å²) >= 11 is 0. The monoisotopic (exact) mass is 317 g/mol. The van der Waals surface area contributed by atoms with Gasteiger partial charge in [0.1, 0.15) is 12.0 Å². The first-order chi connectivity index (χ1) is 11.1. The van der Waals surface area contributed by atoms with E-state index in [1.807, 2.05) is 30.3 Å². The Morgan fingerprint density at radius 3 is 2.70 bits per heavy atom. The highest BCUT2D eigenvalue weighted by molar-refractivity contribution is 6.02. The average molecular weight is 317 g/mol. The van der Waals surface area contributed by atoms with E-state index in [9.17, 15) is 9.59 Å². The Bertz CT molecular complexity index is 627. The molecule has 6 nitrogen and oxygen atoms in total. The van der Waals surface area contributed by atoms with Gasteiger partial charge in [-0.25, -0.2) is 0 Å². The molecule has 1 aromatic rings. The number of Topliss-reactive ketones (excluding diaryl/α,β-unsaturated/α-hetero) is 1. The zero-order valence-corrected chi connectivity index (χ0v) is 13.1. The molecule has 122 valence electrons. The lowest BCUT2D eigenvalue weighted by atomic mass is 10.0. The van der Waals surface area contributed by atoms with E-state index < -0.39 is 18.5 Å². The zero-order chi connectivity index (χ0) is 16.4. The van der Waals surface area contributed by atoms with Crippen molar-refractivity contribution in [3.05, 3.63) is 47.9 Å². The fraction of sp³-hybridized carbons (Fsp3) is 0.412. The minimum absolute atomic E-state index is 0.208. The summed E-state index contributed by atoms with van der Waals surface area (Å²) in [6, 6.07) is 9.42. The first kappa shape index (κ1) is 15.7. The summed E-state index contributed by atoms with van der Waals surface area (Å²) in [5, 5.41) is 0. The van der Waals surface area contributed by atoms with Gasteiger partial charge in [0.25, 0.3) is 0 Å². The largest absolute Gasteiger partial charge is 0.490 e. The van der Waals surface area contributed by atoms with Gasteiger partial charge in [-0.15, -0.1) is 0 Å². The van der Waals surface area contributed by atoms with Crippen LogP contribution >= 0.6 is 0 Å². The van der Waals surface area contributed by atoms with Crippen LogP contribution in [0.15, 0.2) is 42.3 Å². The fourth-order valence-electron chi connectivity index (χ4n) is 2.77. The predicted molar refractivity (Wildman–Crippen MR) is 81.0 cm³/mol. The molecule has 0 saturated carbocycles. The van der Waals surface area contributed by atoms with Crippen LogP contribution in [0.3, 0.4) is 0 Å². The van der Waals surface area contributed by atoms with Gasteiger partial charge in [-0.3, -0.25) is 9.59 Å². The van der Waals surface area contributed by atoms with Gasteiger partial charge in [0.2, 0.25) is 11.7 Å². The van der Waals surface area contributed by atoms with Gasteiger partial charge in [0, 0.05) is 19.0 Å². The zero-order valence-electron chi connectivity index (χ0n) is 13.1. The lowest BCUT2D eigenvalue weighted by Crippen LogP contribution is -2.51. The number of rotatable bonds is 3. The van der Waals surface area contributed by atoms with Crippen molar-refractivity contribution in [3.8, 4) is 0 Å². The molecule has 0 unspecified atom stereocenters. The molecular formula is C17H19NO5. The van der Waals surface area contributed by atoms with Crippen LogP contribution in [-0.2, 0) is 23.8 Å². The van der Waals surface area contributed by atoms with E-state index in [1.165, 1.54) is 18.1 Å². The van der Waals surface area contributed by atoms with Crippen LogP contribution < -0.4 is 0 Å². The van der Waals surface area contributed by atoms with Crippen molar-refractivity contribution < 1.29 is 23.8 Å². The molecular weight excluding hydrogens is 298 g/mol. The highest BCUT2D eigenvalue weighted by Gasteiger charge is 2.44. The van der Waals surface area contributed by atoms with Crippen LogP contribution in [0, 0.1) is 0 Å². The van der Waals surface area contributed by atoms with Gasteiger partial charge in [-0.2, -0.15) is 0 Å². The molecule has 3 rings (SSSR count). The molecule has 2 aliphatic heterocycles. The Balaban J connectivity index is 1.80. The van der Waals surface area contributed by atoms with E-state index in [1.54, 1.807) is 6.92 Å². The molecule has 0 aliphatic carbocycles. The van der Waals surface area contributed by atoms with Crippen LogP contribution in [0.5, 0.6) is 0 Å². The fourth-order valence-corrected chi connectivity index (χ4v) is 2.77. The molecule has 6 heteroatoms. The molecule has 1 fully saturated rings. The van der Waals surface area contributed by atoms with Crippen LogP contribution in [0.2, 0.25) is 0 Å². The molecule has 0 radical (unpaired) electrons. The summed E-state index contributed by atoms with van der Waals surface area (Å²) in [6.45, 7) is 3.87. The third-order valence-electron chi connectivity index (χ3n) is 3.94. The van der Waals surface area contributed by atoms with Crippen molar-refractivity contribution in [1.82, 2.24) is 4.90 Å². The van der Waals surface area contributed by atoms with E-state index in [4.69, 9.17) is 14.2 Å². The Morgan fingerprint density at radius 2 is 2.04 bits per heavy atom. The topological polar surface area (TPSA) is 65.1 Å². The van der Waals surface area contributed by atoms with E-state index in [0.29, 0.717) is 6.54 Å². The normalized spacial score (nSPS) is 26.8. The Kier molecular flexibility index (Phi) is 4.45. The molecule has 1 amide bonds. The highest BCUT2D eigenvalue weighted by Crippen LogP contribution is 2.32. The van der Waals surface area contributed by atoms with Crippen molar-refractivity contribution in [2.75, 3.05) is 13.2 Å². The third-order valence-corrected chi connectivity index (χ3v) is 3.94. The third kappa shape index (κ3) is 3.00. The van der Waals surface area contributed by atoms with Crippen LogP contribution in [0.25, 0.3) is 0 Å². The van der Waals surface area contributed by atoms with Gasteiger partial charge in [0.15, 0.2) is 18.5 Å². The van der Waals surface area contributed by atoms with Gasteiger partial charge in [0.05, 0.1) is 6.61 Å². The molecule has 2 heterocycles. The highest BCUT2D eigenvalue weighted by atomic mass is 16.7. The van der Waals surface area contributed by atoms with Crippen molar-refractivity contribution in [2.24, 2.45) is 0 Å². The van der Waals surface area contributed by atoms with Crippen LogP contribution in [-0.4, -0.2) is 41.9 Å². The van der Waals surface area contributed by atoms with Crippen molar-refractivity contribution in [2.45, 2.75) is 32.3 Å². The number of fused-ring (bicyclic) bond motifs is 1. The molecule has 1 aromatic carbocycles. The standard InChI is InChI=1S/C17H19NO5/c1-3-18(11(2)19)13-9-21-14-10-22-17(23-16(14)15(13)20)12-7-5-4-6-8-12/h4-9,14,16-17H,3,10H2,1-2H3/t14-,16-,17-/m1/s1. The number of likely N-dealkylation sites (N-methyl/N-ethyl adjacent to an activating group) is 1. The van der Waals surface area contributed by atoms with Gasteiger partial charge in [-0.05, 0) is 6.92 Å². The number of benzene rings is 1. The average Bonchev–Trinajstić information content (AvgIpc) is 2.58. The smallest absolute Gasteiger partial charge is 0.224 e. The summed E-state index contributed by atoms with van der Waals surface area (Å²) in [4.78, 5) is 25.8. The second kappa shape index (κ2) is 6.52. The first-order valence-corrected chi connectivity index (χ1v) is 7.61.